The van der Waals surface area contributed by atoms with E-state index < -0.39 is 0 Å². The molecule has 2 heterocycles. The maximum absolute atomic E-state index is 12.5. The summed E-state index contributed by atoms with van der Waals surface area (Å²) in [6.07, 6.45) is 11.1. The molecule has 0 fully saturated rings. The quantitative estimate of drug-likeness (QED) is 0.870. The number of aromatic amines is 1. The first kappa shape index (κ1) is 13.5. The van der Waals surface area contributed by atoms with Gasteiger partial charge in [-0.1, -0.05) is 28.1 Å². The summed E-state index contributed by atoms with van der Waals surface area (Å²) in [4.78, 5) is 14.3. The summed E-state index contributed by atoms with van der Waals surface area (Å²) in [5.41, 5.74) is 0.850. The van der Waals surface area contributed by atoms with Crippen LogP contribution < -0.4 is 4.90 Å². The number of benzene rings is 1. The molecule has 0 amide bonds. The molecule has 0 aliphatic carbocycles. The molecule has 0 spiro atoms. The van der Waals surface area contributed by atoms with Crippen molar-refractivity contribution in [2.45, 2.75) is 0 Å². The van der Waals surface area contributed by atoms with Crippen LogP contribution >= 0.6 is 15.9 Å². The zero-order valence-corrected chi connectivity index (χ0v) is 12.5. The van der Waals surface area contributed by atoms with E-state index in [0.29, 0.717) is 11.4 Å². The number of hydrogen-bond donors (Lipinski definition) is 1. The van der Waals surface area contributed by atoms with E-state index in [2.05, 4.69) is 31.3 Å². The van der Waals surface area contributed by atoms with E-state index in [1.54, 1.807) is 17.0 Å². The number of carbonyl (C=O) groups excluding carboxylic acids is 1. The molecule has 1 aromatic heterocycles. The summed E-state index contributed by atoms with van der Waals surface area (Å²) >= 11 is 3.35. The SMILES string of the molecule is O=C(c1ccc(Br)cc1)c1n[nH]nc1N1C=CC=CC=C1. The van der Waals surface area contributed by atoms with Crippen LogP contribution in [0.1, 0.15) is 16.1 Å². The van der Waals surface area contributed by atoms with Crippen molar-refractivity contribution < 1.29 is 4.79 Å². The van der Waals surface area contributed by atoms with Crippen LogP contribution in [0.2, 0.25) is 0 Å². The van der Waals surface area contributed by atoms with Gasteiger partial charge in [-0.15, -0.1) is 5.10 Å². The second-order valence-electron chi connectivity index (χ2n) is 4.31. The molecule has 1 aromatic carbocycles. The summed E-state index contributed by atoms with van der Waals surface area (Å²) in [6, 6.07) is 7.15. The summed E-state index contributed by atoms with van der Waals surface area (Å²) < 4.78 is 0.920. The predicted molar refractivity (Wildman–Crippen MR) is 83.9 cm³/mol. The number of anilines is 1. The van der Waals surface area contributed by atoms with E-state index >= 15 is 0 Å². The molecular formula is C15H11BrN4O. The maximum Gasteiger partial charge on any atom is 0.217 e. The van der Waals surface area contributed by atoms with Crippen LogP contribution in [-0.4, -0.2) is 21.2 Å². The minimum absolute atomic E-state index is 0.176. The number of nitrogens with one attached hydrogen (secondary N) is 1. The topological polar surface area (TPSA) is 61.9 Å². The van der Waals surface area contributed by atoms with Crippen molar-refractivity contribution >= 4 is 27.5 Å². The first-order valence-electron chi connectivity index (χ1n) is 6.27. The molecule has 0 saturated heterocycles. The first-order chi connectivity index (χ1) is 10.3. The lowest BCUT2D eigenvalue weighted by atomic mass is 10.1. The summed E-state index contributed by atoms with van der Waals surface area (Å²) in [6.45, 7) is 0. The van der Waals surface area contributed by atoms with Gasteiger partial charge in [0.1, 0.15) is 0 Å². The average molecular weight is 343 g/mol. The Bertz CT molecular complexity index is 727. The van der Waals surface area contributed by atoms with Gasteiger partial charge in [-0.05, 0) is 36.4 Å². The van der Waals surface area contributed by atoms with Crippen LogP contribution in [0.3, 0.4) is 0 Å². The third-order valence-electron chi connectivity index (χ3n) is 2.92. The standard InChI is InChI=1S/C15H11BrN4O/c16-12-7-5-11(6-8-12)14(21)13-15(18-19-17-13)20-9-3-1-2-4-10-20/h1-10H,(H,17,18,19). The highest BCUT2D eigenvalue weighted by molar-refractivity contribution is 9.10. The molecule has 0 bridgehead atoms. The van der Waals surface area contributed by atoms with Crippen molar-refractivity contribution in [2.75, 3.05) is 4.90 Å². The Morgan fingerprint density at radius 2 is 1.67 bits per heavy atom. The average Bonchev–Trinajstić information content (AvgIpc) is 2.83. The molecule has 0 radical (unpaired) electrons. The Kier molecular flexibility index (Phi) is 3.79. The molecule has 1 aliphatic heterocycles. The highest BCUT2D eigenvalue weighted by Gasteiger charge is 2.21. The third-order valence-corrected chi connectivity index (χ3v) is 3.45. The second-order valence-corrected chi connectivity index (χ2v) is 5.22. The molecule has 3 rings (SSSR count). The van der Waals surface area contributed by atoms with Gasteiger partial charge in [-0.3, -0.25) is 4.79 Å². The largest absolute Gasteiger partial charge is 0.305 e. The number of rotatable bonds is 3. The smallest absolute Gasteiger partial charge is 0.217 e. The molecule has 21 heavy (non-hydrogen) atoms. The molecular weight excluding hydrogens is 332 g/mol. The second kappa shape index (κ2) is 5.88. The van der Waals surface area contributed by atoms with Crippen LogP contribution in [0.15, 0.2) is 65.4 Å². The van der Waals surface area contributed by atoms with Crippen LogP contribution in [-0.2, 0) is 0 Å². The minimum atomic E-state index is -0.176. The number of aromatic nitrogens is 3. The predicted octanol–water partition coefficient (Wildman–Crippen LogP) is 3.20. The van der Waals surface area contributed by atoms with E-state index in [1.165, 1.54) is 0 Å². The van der Waals surface area contributed by atoms with Crippen LogP contribution in [0, 0.1) is 0 Å². The van der Waals surface area contributed by atoms with Crippen molar-refractivity contribution in [3.63, 3.8) is 0 Å². The van der Waals surface area contributed by atoms with Gasteiger partial charge in [-0.2, -0.15) is 10.3 Å². The molecule has 104 valence electrons. The fraction of sp³-hybridized carbons (Fsp3) is 0. The zero-order chi connectivity index (χ0) is 14.7. The Labute approximate surface area is 129 Å². The number of nitrogens with zero attached hydrogens (tertiary/aromatic N) is 3. The number of H-pyrrole nitrogens is 1. The molecule has 6 heteroatoms. The molecule has 5 nitrogen and oxygen atoms in total. The van der Waals surface area contributed by atoms with E-state index in [4.69, 9.17) is 0 Å². The van der Waals surface area contributed by atoms with E-state index in [-0.39, 0.29) is 11.5 Å². The maximum atomic E-state index is 12.5. The van der Waals surface area contributed by atoms with Gasteiger partial charge in [0, 0.05) is 22.4 Å². The van der Waals surface area contributed by atoms with Crippen LogP contribution in [0.5, 0.6) is 0 Å². The summed E-state index contributed by atoms with van der Waals surface area (Å²) in [5, 5.41) is 10.6. The third kappa shape index (κ3) is 2.85. The number of carbonyl (C=O) groups is 1. The molecule has 0 unspecified atom stereocenters. The molecule has 0 atom stereocenters. The monoisotopic (exact) mass is 342 g/mol. The Morgan fingerprint density at radius 3 is 2.33 bits per heavy atom. The van der Waals surface area contributed by atoms with E-state index in [1.807, 2.05) is 48.8 Å². The van der Waals surface area contributed by atoms with Crippen molar-refractivity contribution in [1.82, 2.24) is 15.4 Å². The van der Waals surface area contributed by atoms with Gasteiger partial charge in [0.15, 0.2) is 11.5 Å². The van der Waals surface area contributed by atoms with Gasteiger partial charge in [0.25, 0.3) is 0 Å². The van der Waals surface area contributed by atoms with Crippen molar-refractivity contribution in [2.24, 2.45) is 0 Å². The molecule has 1 aliphatic rings. The number of halogens is 1. The normalized spacial score (nSPS) is 13.5. The molecule has 2 aromatic rings. The highest BCUT2D eigenvalue weighted by atomic mass is 79.9. The first-order valence-corrected chi connectivity index (χ1v) is 7.06. The minimum Gasteiger partial charge on any atom is -0.305 e. The summed E-state index contributed by atoms with van der Waals surface area (Å²) in [5.74, 6) is 0.296. The van der Waals surface area contributed by atoms with E-state index in [9.17, 15) is 4.79 Å². The Morgan fingerprint density at radius 1 is 1.00 bits per heavy atom. The lowest BCUT2D eigenvalue weighted by Gasteiger charge is -2.11. The van der Waals surface area contributed by atoms with Crippen molar-refractivity contribution in [3.8, 4) is 0 Å². The van der Waals surface area contributed by atoms with Gasteiger partial charge in [0.2, 0.25) is 5.78 Å². The van der Waals surface area contributed by atoms with Crippen molar-refractivity contribution in [3.05, 3.63) is 76.7 Å². The van der Waals surface area contributed by atoms with Crippen LogP contribution in [0.25, 0.3) is 0 Å². The van der Waals surface area contributed by atoms with Crippen molar-refractivity contribution in [1.29, 1.82) is 0 Å². The summed E-state index contributed by atoms with van der Waals surface area (Å²) in [7, 11) is 0. The van der Waals surface area contributed by atoms with Gasteiger partial charge in [-0.25, -0.2) is 0 Å². The molecule has 1 N–H and O–H groups in total. The number of ketones is 1. The fourth-order valence-corrected chi connectivity index (χ4v) is 2.16. The highest BCUT2D eigenvalue weighted by Crippen LogP contribution is 2.21. The van der Waals surface area contributed by atoms with E-state index in [0.717, 1.165) is 4.47 Å². The molecule has 0 saturated carbocycles. The number of hydrogen-bond acceptors (Lipinski definition) is 4. The van der Waals surface area contributed by atoms with Crippen LogP contribution in [0.4, 0.5) is 5.82 Å². The Balaban J connectivity index is 1.95. The van der Waals surface area contributed by atoms with Gasteiger partial charge < -0.3 is 4.90 Å². The number of allylic oxidation sites excluding steroid dienone is 4. The lowest BCUT2D eigenvalue weighted by molar-refractivity contribution is 0.103. The van der Waals surface area contributed by atoms with Gasteiger partial charge >= 0.3 is 0 Å². The fourth-order valence-electron chi connectivity index (χ4n) is 1.90. The van der Waals surface area contributed by atoms with Gasteiger partial charge in [0.05, 0.1) is 0 Å². The zero-order valence-electron chi connectivity index (χ0n) is 10.9. The lowest BCUT2D eigenvalue weighted by Crippen LogP contribution is -2.12. The Hall–Kier alpha value is -2.47.